The molecule has 2 fully saturated rings. The van der Waals surface area contributed by atoms with Crippen LogP contribution in [0.5, 0.6) is 0 Å². The highest BCUT2D eigenvalue weighted by atomic mass is 35.5. The molecule has 0 radical (unpaired) electrons. The molecule has 0 bridgehead atoms. The quantitative estimate of drug-likeness (QED) is 0.363. The predicted octanol–water partition coefficient (Wildman–Crippen LogP) is 7.23. The maximum absolute atomic E-state index is 11.9. The van der Waals surface area contributed by atoms with Crippen molar-refractivity contribution in [1.29, 1.82) is 0 Å². The van der Waals surface area contributed by atoms with Gasteiger partial charge in [0.25, 0.3) is 0 Å². The normalized spacial score (nSPS) is 17.8. The summed E-state index contributed by atoms with van der Waals surface area (Å²) in [7, 11) is 1.49. The van der Waals surface area contributed by atoms with Crippen LogP contribution >= 0.6 is 23.2 Å². The third-order valence-electron chi connectivity index (χ3n) is 7.70. The van der Waals surface area contributed by atoms with Crippen LogP contribution < -0.4 is 4.90 Å². The first-order valence-electron chi connectivity index (χ1n) is 12.8. The van der Waals surface area contributed by atoms with E-state index in [0.717, 1.165) is 51.3 Å². The van der Waals surface area contributed by atoms with Crippen LogP contribution in [0.4, 0.5) is 5.69 Å². The number of para-hydroxylation sites is 1. The van der Waals surface area contributed by atoms with Gasteiger partial charge in [0, 0.05) is 25.6 Å². The van der Waals surface area contributed by atoms with Crippen molar-refractivity contribution < 1.29 is 9.53 Å². The molecule has 0 aromatic heterocycles. The number of methoxy groups -OCH3 is 1. The number of carbonyl (C=O) groups is 1. The molecule has 0 N–H and O–H groups in total. The van der Waals surface area contributed by atoms with Gasteiger partial charge in [0.05, 0.1) is 28.8 Å². The van der Waals surface area contributed by atoms with E-state index < -0.39 is 0 Å². The van der Waals surface area contributed by atoms with Gasteiger partial charge in [-0.2, -0.15) is 0 Å². The minimum absolute atomic E-state index is 0.0425. The van der Waals surface area contributed by atoms with Gasteiger partial charge in [-0.25, -0.2) is 0 Å². The lowest BCUT2D eigenvalue weighted by molar-refractivity contribution is -0.147. The first-order valence-corrected chi connectivity index (χ1v) is 13.6. The number of anilines is 1. The molecule has 35 heavy (non-hydrogen) atoms. The molecule has 0 atom stereocenters. The van der Waals surface area contributed by atoms with Crippen molar-refractivity contribution in [2.45, 2.75) is 64.8 Å². The minimum Gasteiger partial charge on any atom is -0.469 e. The van der Waals surface area contributed by atoms with E-state index in [1.165, 1.54) is 29.4 Å². The minimum atomic E-state index is -0.0626. The maximum atomic E-state index is 11.9. The fourth-order valence-corrected chi connectivity index (χ4v) is 6.21. The number of esters is 1. The van der Waals surface area contributed by atoms with Gasteiger partial charge in [0.2, 0.25) is 0 Å². The van der Waals surface area contributed by atoms with Crippen molar-refractivity contribution in [2.75, 3.05) is 38.2 Å². The highest BCUT2D eigenvalue weighted by Gasteiger charge is 2.33. The van der Waals surface area contributed by atoms with Gasteiger partial charge in [-0.1, -0.05) is 69.1 Å². The Hall–Kier alpha value is -1.75. The van der Waals surface area contributed by atoms with Gasteiger partial charge in [-0.15, -0.1) is 0 Å². The van der Waals surface area contributed by atoms with Crippen LogP contribution in [0.2, 0.25) is 10.0 Å². The van der Waals surface area contributed by atoms with Crippen molar-refractivity contribution in [2.24, 2.45) is 5.92 Å². The number of halogens is 2. The zero-order valence-electron chi connectivity index (χ0n) is 21.6. The zero-order chi connectivity index (χ0) is 25.3. The van der Waals surface area contributed by atoms with E-state index in [1.807, 2.05) is 18.2 Å². The summed E-state index contributed by atoms with van der Waals surface area (Å²) in [5.74, 6) is 1.35. The predicted molar refractivity (Wildman–Crippen MR) is 146 cm³/mol. The summed E-state index contributed by atoms with van der Waals surface area (Å²) in [4.78, 5) is 16.7. The Balaban J connectivity index is 1.54. The third-order valence-corrected chi connectivity index (χ3v) is 8.31. The molecular formula is C29H38Cl2N2O2. The van der Waals surface area contributed by atoms with Gasteiger partial charge < -0.3 is 9.64 Å². The Labute approximate surface area is 220 Å². The van der Waals surface area contributed by atoms with Crippen LogP contribution in [-0.2, 0) is 16.1 Å². The molecule has 2 heterocycles. The second kappa shape index (κ2) is 11.1. The molecule has 2 aliphatic heterocycles. The van der Waals surface area contributed by atoms with E-state index in [4.69, 9.17) is 27.9 Å². The summed E-state index contributed by atoms with van der Waals surface area (Å²) in [6.07, 6.45) is 1.75. The summed E-state index contributed by atoms with van der Waals surface area (Å²) in [6, 6.07) is 10.6. The Morgan fingerprint density at radius 3 is 2.03 bits per heavy atom. The first-order chi connectivity index (χ1) is 16.7. The number of nitrogens with zero attached hydrogens (tertiary/aromatic N) is 2. The molecule has 0 amide bonds. The molecule has 0 spiro atoms. The van der Waals surface area contributed by atoms with Crippen LogP contribution in [0.3, 0.4) is 0 Å². The lowest BCUT2D eigenvalue weighted by Gasteiger charge is -2.43. The van der Waals surface area contributed by atoms with E-state index in [-0.39, 0.29) is 11.9 Å². The van der Waals surface area contributed by atoms with Crippen molar-refractivity contribution in [3.8, 4) is 0 Å². The molecule has 4 nitrogen and oxygen atoms in total. The fourth-order valence-electron chi connectivity index (χ4n) is 5.57. The molecule has 2 saturated heterocycles. The van der Waals surface area contributed by atoms with E-state index >= 15 is 0 Å². The number of piperidine rings is 1. The van der Waals surface area contributed by atoms with Crippen LogP contribution in [0.1, 0.15) is 80.5 Å². The van der Waals surface area contributed by atoms with Gasteiger partial charge in [-0.3, -0.25) is 9.69 Å². The molecule has 2 aromatic carbocycles. The number of benzene rings is 2. The Bertz CT molecular complexity index is 1010. The molecule has 190 valence electrons. The summed E-state index contributed by atoms with van der Waals surface area (Å²) < 4.78 is 4.97. The zero-order valence-corrected chi connectivity index (χ0v) is 23.1. The van der Waals surface area contributed by atoms with Crippen molar-refractivity contribution >= 4 is 34.9 Å². The SMILES string of the molecule is COC(=O)C1CCN(Cc2c(C(C)C)cc(C3CN(c4c(Cl)cccc4Cl)C3)cc2C(C)C)CC1. The number of ether oxygens (including phenoxy) is 1. The highest BCUT2D eigenvalue weighted by molar-refractivity contribution is 6.39. The number of likely N-dealkylation sites (tertiary alicyclic amines) is 1. The lowest BCUT2D eigenvalue weighted by atomic mass is 9.81. The van der Waals surface area contributed by atoms with Crippen molar-refractivity contribution in [3.63, 3.8) is 0 Å². The topological polar surface area (TPSA) is 32.8 Å². The first kappa shape index (κ1) is 26.3. The number of rotatable bonds is 7. The Morgan fingerprint density at radius 1 is 1.00 bits per heavy atom. The number of hydrogen-bond donors (Lipinski definition) is 0. The van der Waals surface area contributed by atoms with Gasteiger partial charge in [0.15, 0.2) is 0 Å². The summed E-state index contributed by atoms with van der Waals surface area (Å²) in [5, 5.41) is 1.43. The third kappa shape index (κ3) is 5.65. The summed E-state index contributed by atoms with van der Waals surface area (Å²) >= 11 is 12.9. The number of hydrogen-bond acceptors (Lipinski definition) is 4. The van der Waals surface area contributed by atoms with E-state index in [2.05, 4.69) is 49.6 Å². The van der Waals surface area contributed by atoms with E-state index in [0.29, 0.717) is 27.8 Å². The van der Waals surface area contributed by atoms with Crippen LogP contribution in [0.15, 0.2) is 30.3 Å². The summed E-state index contributed by atoms with van der Waals surface area (Å²) in [5.41, 5.74) is 6.75. The molecule has 6 heteroatoms. The van der Waals surface area contributed by atoms with Crippen LogP contribution in [0, 0.1) is 5.92 Å². The van der Waals surface area contributed by atoms with Gasteiger partial charge >= 0.3 is 5.97 Å². The molecule has 2 aromatic rings. The average molecular weight is 518 g/mol. The second-order valence-corrected chi connectivity index (χ2v) is 11.5. The second-order valence-electron chi connectivity index (χ2n) is 10.7. The molecule has 4 rings (SSSR count). The molecule has 0 aliphatic carbocycles. The highest BCUT2D eigenvalue weighted by Crippen LogP contribution is 2.42. The van der Waals surface area contributed by atoms with E-state index in [1.54, 1.807) is 0 Å². The molecule has 2 aliphatic rings. The van der Waals surface area contributed by atoms with E-state index in [9.17, 15) is 4.79 Å². The van der Waals surface area contributed by atoms with Crippen molar-refractivity contribution in [1.82, 2.24) is 4.90 Å². The number of carbonyl (C=O) groups excluding carboxylic acids is 1. The molecule has 0 saturated carbocycles. The van der Waals surface area contributed by atoms with Crippen LogP contribution in [-0.4, -0.2) is 44.2 Å². The molecule has 0 unspecified atom stereocenters. The average Bonchev–Trinajstić information content (AvgIpc) is 2.80. The lowest BCUT2D eigenvalue weighted by Crippen LogP contribution is -2.45. The van der Waals surface area contributed by atoms with Gasteiger partial charge in [0.1, 0.15) is 0 Å². The monoisotopic (exact) mass is 516 g/mol. The Kier molecular flexibility index (Phi) is 8.35. The van der Waals surface area contributed by atoms with Gasteiger partial charge in [-0.05, 0) is 72.2 Å². The largest absolute Gasteiger partial charge is 0.469 e. The Morgan fingerprint density at radius 2 is 1.54 bits per heavy atom. The molecular weight excluding hydrogens is 479 g/mol. The summed E-state index contributed by atoms with van der Waals surface area (Å²) in [6.45, 7) is 13.9. The van der Waals surface area contributed by atoms with Crippen molar-refractivity contribution in [3.05, 3.63) is 62.6 Å². The van der Waals surface area contributed by atoms with Crippen LogP contribution in [0.25, 0.3) is 0 Å². The standard InChI is InChI=1S/C29H38Cl2N2O2/c1-18(2)23-13-21(22-15-33(16-22)28-26(30)7-6-8-27(28)31)14-24(19(3)4)25(23)17-32-11-9-20(10-12-32)29(34)35-5/h6-8,13-14,18-20,22H,9-12,15-17H2,1-5H3. The fraction of sp³-hybridized carbons (Fsp3) is 0.552. The smallest absolute Gasteiger partial charge is 0.308 e. The maximum Gasteiger partial charge on any atom is 0.308 e.